The van der Waals surface area contributed by atoms with Crippen molar-refractivity contribution < 1.29 is 19.8 Å². The number of carboxylic acids is 1. The van der Waals surface area contributed by atoms with Crippen molar-refractivity contribution in [2.45, 2.75) is 31.8 Å². The molecule has 0 spiro atoms. The van der Waals surface area contributed by atoms with Crippen LogP contribution in [0.5, 0.6) is 0 Å². The fraction of sp³-hybridized carbons (Fsp3) is 0.778. The molecule has 0 aromatic carbocycles. The van der Waals surface area contributed by atoms with Crippen molar-refractivity contribution in [2.24, 2.45) is 5.92 Å². The lowest BCUT2D eigenvalue weighted by atomic mass is 10.2. The molecule has 5 nitrogen and oxygen atoms in total. The van der Waals surface area contributed by atoms with Crippen molar-refractivity contribution in [1.82, 2.24) is 5.32 Å². The molecule has 0 aromatic heterocycles. The standard InChI is InChI=1S/C9H15NO4/c11-7(9(13)14)3-4-10-8(12)5-6-1-2-6/h6-7,11H,1-5H2,(H,10,12)(H,13,14). The molecule has 1 aliphatic carbocycles. The number of rotatable bonds is 6. The van der Waals surface area contributed by atoms with Crippen LogP contribution in [-0.2, 0) is 9.59 Å². The minimum absolute atomic E-state index is 0.0508. The van der Waals surface area contributed by atoms with E-state index in [1.165, 1.54) is 0 Å². The van der Waals surface area contributed by atoms with Crippen LogP contribution in [0.25, 0.3) is 0 Å². The van der Waals surface area contributed by atoms with Crippen molar-refractivity contribution >= 4 is 11.9 Å². The van der Waals surface area contributed by atoms with E-state index in [4.69, 9.17) is 10.2 Å². The quantitative estimate of drug-likeness (QED) is 0.552. The average Bonchev–Trinajstić information content (AvgIpc) is 2.87. The molecule has 5 heteroatoms. The smallest absolute Gasteiger partial charge is 0.332 e. The highest BCUT2D eigenvalue weighted by molar-refractivity contribution is 5.76. The number of nitrogens with one attached hydrogen (secondary N) is 1. The Morgan fingerprint density at radius 1 is 1.43 bits per heavy atom. The Balaban J connectivity index is 2.01. The van der Waals surface area contributed by atoms with E-state index in [9.17, 15) is 9.59 Å². The predicted octanol–water partition coefficient (Wildman–Crippen LogP) is -0.262. The summed E-state index contributed by atoms with van der Waals surface area (Å²) in [5.41, 5.74) is 0. The lowest BCUT2D eigenvalue weighted by Gasteiger charge is -2.06. The molecule has 1 fully saturated rings. The second-order valence-corrected chi connectivity index (χ2v) is 3.64. The zero-order chi connectivity index (χ0) is 10.6. The van der Waals surface area contributed by atoms with E-state index < -0.39 is 12.1 Å². The van der Waals surface area contributed by atoms with E-state index in [1.807, 2.05) is 0 Å². The van der Waals surface area contributed by atoms with Crippen molar-refractivity contribution in [1.29, 1.82) is 0 Å². The van der Waals surface area contributed by atoms with Gasteiger partial charge in [-0.3, -0.25) is 4.79 Å². The van der Waals surface area contributed by atoms with Gasteiger partial charge in [0.05, 0.1) is 0 Å². The molecule has 0 aliphatic heterocycles. The monoisotopic (exact) mass is 201 g/mol. The molecular weight excluding hydrogens is 186 g/mol. The first-order valence-corrected chi connectivity index (χ1v) is 4.77. The average molecular weight is 201 g/mol. The SMILES string of the molecule is O=C(CC1CC1)NCCC(O)C(=O)O. The Morgan fingerprint density at radius 3 is 2.57 bits per heavy atom. The van der Waals surface area contributed by atoms with E-state index in [1.54, 1.807) is 0 Å². The second-order valence-electron chi connectivity index (χ2n) is 3.64. The lowest BCUT2D eigenvalue weighted by Crippen LogP contribution is -2.30. The Morgan fingerprint density at radius 2 is 2.07 bits per heavy atom. The number of carbonyl (C=O) groups is 2. The van der Waals surface area contributed by atoms with Crippen LogP contribution >= 0.6 is 0 Å². The molecule has 0 saturated heterocycles. The van der Waals surface area contributed by atoms with Crippen molar-refractivity contribution in [3.05, 3.63) is 0 Å². The van der Waals surface area contributed by atoms with Crippen molar-refractivity contribution in [2.75, 3.05) is 6.54 Å². The first-order chi connectivity index (χ1) is 6.59. The Labute approximate surface area is 82.1 Å². The summed E-state index contributed by atoms with van der Waals surface area (Å²) in [5, 5.41) is 19.8. The van der Waals surface area contributed by atoms with Gasteiger partial charge >= 0.3 is 5.97 Å². The third kappa shape index (κ3) is 4.23. The molecule has 0 aromatic rings. The maximum Gasteiger partial charge on any atom is 0.332 e. The highest BCUT2D eigenvalue weighted by Crippen LogP contribution is 2.31. The van der Waals surface area contributed by atoms with E-state index in [0.717, 1.165) is 12.8 Å². The topological polar surface area (TPSA) is 86.6 Å². The first-order valence-electron chi connectivity index (χ1n) is 4.77. The van der Waals surface area contributed by atoms with Gasteiger partial charge in [-0.05, 0) is 18.8 Å². The molecule has 80 valence electrons. The summed E-state index contributed by atoms with van der Waals surface area (Å²) in [7, 11) is 0. The minimum atomic E-state index is -1.38. The van der Waals surface area contributed by atoms with Crippen LogP contribution in [0.4, 0.5) is 0 Å². The van der Waals surface area contributed by atoms with Gasteiger partial charge in [0, 0.05) is 19.4 Å². The number of amides is 1. The molecule has 0 radical (unpaired) electrons. The Kier molecular flexibility index (Phi) is 3.88. The summed E-state index contributed by atoms with van der Waals surface area (Å²) >= 11 is 0. The molecule has 1 amide bonds. The largest absolute Gasteiger partial charge is 0.479 e. The molecule has 1 rings (SSSR count). The first kappa shape index (κ1) is 11.0. The summed E-state index contributed by atoms with van der Waals surface area (Å²) in [6.45, 7) is 0.221. The molecule has 0 bridgehead atoms. The van der Waals surface area contributed by atoms with E-state index in [-0.39, 0.29) is 18.9 Å². The number of aliphatic hydroxyl groups excluding tert-OH is 1. The number of hydrogen-bond donors (Lipinski definition) is 3. The van der Waals surface area contributed by atoms with Crippen molar-refractivity contribution in [3.63, 3.8) is 0 Å². The summed E-state index contributed by atoms with van der Waals surface area (Å²) in [6.07, 6.45) is 1.45. The van der Waals surface area contributed by atoms with Crippen LogP contribution < -0.4 is 5.32 Å². The third-order valence-electron chi connectivity index (χ3n) is 2.20. The molecule has 1 aliphatic rings. The predicted molar refractivity (Wildman–Crippen MR) is 48.6 cm³/mol. The van der Waals surface area contributed by atoms with Gasteiger partial charge in [-0.25, -0.2) is 4.79 Å². The molecule has 0 heterocycles. The highest BCUT2D eigenvalue weighted by atomic mass is 16.4. The zero-order valence-electron chi connectivity index (χ0n) is 7.90. The van der Waals surface area contributed by atoms with Crippen molar-refractivity contribution in [3.8, 4) is 0 Å². The number of carboxylic acid groups (broad SMARTS) is 1. The summed E-state index contributed by atoms with van der Waals surface area (Å²) < 4.78 is 0. The summed E-state index contributed by atoms with van der Waals surface area (Å²) in [6, 6.07) is 0. The number of aliphatic hydroxyl groups is 1. The number of hydrogen-bond acceptors (Lipinski definition) is 3. The van der Waals surface area contributed by atoms with E-state index >= 15 is 0 Å². The van der Waals surface area contributed by atoms with Gasteiger partial charge in [0.1, 0.15) is 0 Å². The third-order valence-corrected chi connectivity index (χ3v) is 2.20. The zero-order valence-corrected chi connectivity index (χ0v) is 7.90. The molecular formula is C9H15NO4. The van der Waals surface area contributed by atoms with Gasteiger partial charge in [0.2, 0.25) is 5.91 Å². The van der Waals surface area contributed by atoms with Gasteiger partial charge in [-0.15, -0.1) is 0 Å². The van der Waals surface area contributed by atoms with Gasteiger partial charge in [-0.1, -0.05) is 0 Å². The number of aliphatic carboxylic acids is 1. The van der Waals surface area contributed by atoms with Gasteiger partial charge in [0.15, 0.2) is 6.10 Å². The van der Waals surface area contributed by atoms with Gasteiger partial charge < -0.3 is 15.5 Å². The van der Waals surface area contributed by atoms with Gasteiger partial charge in [-0.2, -0.15) is 0 Å². The van der Waals surface area contributed by atoms with Gasteiger partial charge in [0.25, 0.3) is 0 Å². The highest BCUT2D eigenvalue weighted by Gasteiger charge is 2.24. The normalized spacial score (nSPS) is 17.5. The lowest BCUT2D eigenvalue weighted by molar-refractivity contribution is -0.147. The Bertz CT molecular complexity index is 225. The molecule has 1 saturated carbocycles. The Hall–Kier alpha value is -1.10. The molecule has 1 atom stereocenters. The van der Waals surface area contributed by atoms with Crippen LogP contribution in [0.1, 0.15) is 25.7 Å². The maximum atomic E-state index is 11.1. The van der Waals surface area contributed by atoms with Crippen LogP contribution in [0.3, 0.4) is 0 Å². The summed E-state index contributed by atoms with van der Waals surface area (Å²) in [5.74, 6) is -0.772. The minimum Gasteiger partial charge on any atom is -0.479 e. The number of carbonyl (C=O) groups excluding carboxylic acids is 1. The fourth-order valence-electron chi connectivity index (χ4n) is 1.13. The molecule has 14 heavy (non-hydrogen) atoms. The van der Waals surface area contributed by atoms with Crippen LogP contribution in [-0.4, -0.2) is 34.7 Å². The van der Waals surface area contributed by atoms with Crippen LogP contribution in [0.15, 0.2) is 0 Å². The van der Waals surface area contributed by atoms with Crippen LogP contribution in [0, 0.1) is 5.92 Å². The van der Waals surface area contributed by atoms with E-state index in [0.29, 0.717) is 12.3 Å². The van der Waals surface area contributed by atoms with E-state index in [2.05, 4.69) is 5.32 Å². The van der Waals surface area contributed by atoms with Crippen LogP contribution in [0.2, 0.25) is 0 Å². The maximum absolute atomic E-state index is 11.1. The second kappa shape index (κ2) is 4.95. The summed E-state index contributed by atoms with van der Waals surface area (Å²) in [4.78, 5) is 21.3. The molecule has 1 unspecified atom stereocenters. The fourth-order valence-corrected chi connectivity index (χ4v) is 1.13. The molecule has 3 N–H and O–H groups in total.